The van der Waals surface area contributed by atoms with Crippen molar-refractivity contribution in [2.75, 3.05) is 5.32 Å². The third kappa shape index (κ3) is 3.93. The molecule has 2 rings (SSSR count). The maximum Gasteiger partial charge on any atom is 0.207 e. The van der Waals surface area contributed by atoms with E-state index < -0.39 is 0 Å². The molecule has 2 aromatic rings. The zero-order valence-electron chi connectivity index (χ0n) is 13.4. The summed E-state index contributed by atoms with van der Waals surface area (Å²) in [5.74, 6) is 0.659. The van der Waals surface area contributed by atoms with Crippen molar-refractivity contribution in [2.45, 2.75) is 25.9 Å². The van der Waals surface area contributed by atoms with Crippen LogP contribution in [0, 0.1) is 23.7 Å². The number of hydrogen-bond donors (Lipinski definition) is 3. The van der Waals surface area contributed by atoms with E-state index in [-0.39, 0.29) is 12.1 Å². The van der Waals surface area contributed by atoms with Crippen molar-refractivity contribution >= 4 is 18.3 Å². The van der Waals surface area contributed by atoms with Crippen molar-refractivity contribution in [3.8, 4) is 6.07 Å². The number of benzene rings is 1. The van der Waals surface area contributed by atoms with Gasteiger partial charge in [0.15, 0.2) is 0 Å². The van der Waals surface area contributed by atoms with Crippen LogP contribution in [0.1, 0.15) is 35.5 Å². The van der Waals surface area contributed by atoms with Gasteiger partial charge < -0.3 is 16.0 Å². The first-order valence-electron chi connectivity index (χ1n) is 7.38. The fourth-order valence-electron chi connectivity index (χ4n) is 2.31. The Morgan fingerprint density at radius 1 is 1.33 bits per heavy atom. The molecule has 0 bridgehead atoms. The average molecular weight is 322 g/mol. The second-order valence-corrected chi connectivity index (χ2v) is 5.32. The first kappa shape index (κ1) is 17.1. The molecule has 0 aliphatic carbocycles. The zero-order chi connectivity index (χ0) is 17.5. The quantitative estimate of drug-likeness (QED) is 0.532. The molecule has 122 valence electrons. The molecule has 7 heteroatoms. The Hall–Kier alpha value is -3.27. The van der Waals surface area contributed by atoms with Gasteiger partial charge in [0.25, 0.3) is 0 Å². The summed E-state index contributed by atoms with van der Waals surface area (Å²) in [7, 11) is 0. The van der Waals surface area contributed by atoms with Gasteiger partial charge in [-0.15, -0.1) is 0 Å². The van der Waals surface area contributed by atoms with Gasteiger partial charge in [-0.2, -0.15) is 5.26 Å². The second-order valence-electron chi connectivity index (χ2n) is 5.32. The summed E-state index contributed by atoms with van der Waals surface area (Å²) in [6.07, 6.45) is 5.24. The lowest BCUT2D eigenvalue weighted by molar-refractivity contribution is -0.110. The van der Waals surface area contributed by atoms with Crippen LogP contribution in [0.15, 0.2) is 30.6 Å². The molecule has 24 heavy (non-hydrogen) atoms. The molecule has 0 saturated heterocycles. The van der Waals surface area contributed by atoms with E-state index in [2.05, 4.69) is 26.7 Å². The predicted molar refractivity (Wildman–Crippen MR) is 90.8 cm³/mol. The van der Waals surface area contributed by atoms with Crippen molar-refractivity contribution in [2.24, 2.45) is 0 Å². The van der Waals surface area contributed by atoms with E-state index in [4.69, 9.17) is 10.7 Å². The molecular weight excluding hydrogens is 304 g/mol. The van der Waals surface area contributed by atoms with Crippen LogP contribution in [0.25, 0.3) is 0 Å². The Labute approximate surface area is 140 Å². The minimum atomic E-state index is -0.289. The van der Waals surface area contributed by atoms with Crippen LogP contribution in [-0.2, 0) is 4.79 Å². The second kappa shape index (κ2) is 7.83. The van der Waals surface area contributed by atoms with E-state index in [1.54, 1.807) is 37.5 Å². The zero-order valence-corrected chi connectivity index (χ0v) is 13.4. The highest BCUT2D eigenvalue weighted by Gasteiger charge is 2.20. The minimum Gasteiger partial charge on any atom is -0.376 e. The van der Waals surface area contributed by atoms with Gasteiger partial charge in [0, 0.05) is 35.4 Å². The van der Waals surface area contributed by atoms with Gasteiger partial charge in [-0.1, -0.05) is 0 Å². The van der Waals surface area contributed by atoms with Crippen molar-refractivity contribution in [3.63, 3.8) is 0 Å². The highest BCUT2D eigenvalue weighted by atomic mass is 16.1. The SMILES string of the molecule is Cc1ncc(C(Nc2ccc(C#N)cc2C=N)[C@@H](C)NC=O)cn1. The predicted octanol–water partition coefficient (Wildman–Crippen LogP) is 1.94. The number of nitrogens with zero attached hydrogens (tertiary/aromatic N) is 3. The van der Waals surface area contributed by atoms with Crippen LogP contribution in [-0.4, -0.2) is 28.6 Å². The van der Waals surface area contributed by atoms with Gasteiger partial charge in [0.1, 0.15) is 5.82 Å². The Morgan fingerprint density at radius 2 is 2.04 bits per heavy atom. The molecular formula is C17H18N6O. The molecule has 3 N–H and O–H groups in total. The highest BCUT2D eigenvalue weighted by molar-refractivity contribution is 5.86. The summed E-state index contributed by atoms with van der Waals surface area (Å²) in [6.45, 7) is 3.66. The molecule has 0 fully saturated rings. The van der Waals surface area contributed by atoms with Crippen LogP contribution < -0.4 is 10.6 Å². The first-order valence-corrected chi connectivity index (χ1v) is 7.38. The summed E-state index contributed by atoms with van der Waals surface area (Å²) >= 11 is 0. The Bertz CT molecular complexity index is 766. The van der Waals surface area contributed by atoms with E-state index in [9.17, 15) is 4.79 Å². The Balaban J connectivity index is 2.38. The maximum absolute atomic E-state index is 10.8. The average Bonchev–Trinajstić information content (AvgIpc) is 2.60. The number of aryl methyl sites for hydroxylation is 1. The van der Waals surface area contributed by atoms with Crippen molar-refractivity contribution in [3.05, 3.63) is 53.1 Å². The van der Waals surface area contributed by atoms with Gasteiger partial charge in [0.05, 0.1) is 23.7 Å². The van der Waals surface area contributed by atoms with Gasteiger partial charge in [-0.25, -0.2) is 9.97 Å². The summed E-state index contributed by atoms with van der Waals surface area (Å²) < 4.78 is 0. The smallest absolute Gasteiger partial charge is 0.207 e. The fraction of sp³-hybridized carbons (Fsp3) is 0.235. The summed E-state index contributed by atoms with van der Waals surface area (Å²) in [6, 6.07) is 6.59. The van der Waals surface area contributed by atoms with Gasteiger partial charge in [-0.3, -0.25) is 4.79 Å². The van der Waals surface area contributed by atoms with E-state index in [0.29, 0.717) is 29.0 Å². The fourth-order valence-corrected chi connectivity index (χ4v) is 2.31. The number of carbonyl (C=O) groups excluding carboxylic acids is 1. The number of aromatic nitrogens is 2. The number of carbonyl (C=O) groups is 1. The normalized spacial score (nSPS) is 12.5. The monoisotopic (exact) mass is 322 g/mol. The van der Waals surface area contributed by atoms with E-state index in [0.717, 1.165) is 5.56 Å². The van der Waals surface area contributed by atoms with Crippen LogP contribution in [0.3, 0.4) is 0 Å². The molecule has 1 aromatic carbocycles. The molecule has 0 radical (unpaired) electrons. The van der Waals surface area contributed by atoms with Crippen LogP contribution >= 0.6 is 0 Å². The molecule has 0 spiro atoms. The third-order valence-electron chi connectivity index (χ3n) is 3.64. The number of rotatable bonds is 7. The largest absolute Gasteiger partial charge is 0.376 e. The third-order valence-corrected chi connectivity index (χ3v) is 3.64. The van der Waals surface area contributed by atoms with Crippen molar-refractivity contribution in [1.29, 1.82) is 10.7 Å². The van der Waals surface area contributed by atoms with Crippen LogP contribution in [0.4, 0.5) is 5.69 Å². The number of hydrogen-bond acceptors (Lipinski definition) is 6. The number of amides is 1. The molecule has 1 aromatic heterocycles. The van der Waals surface area contributed by atoms with Crippen molar-refractivity contribution in [1.82, 2.24) is 15.3 Å². The first-order chi connectivity index (χ1) is 11.6. The lowest BCUT2D eigenvalue weighted by atomic mass is 10.0. The lowest BCUT2D eigenvalue weighted by Crippen LogP contribution is -2.35. The highest BCUT2D eigenvalue weighted by Crippen LogP contribution is 2.24. The molecule has 7 nitrogen and oxygen atoms in total. The number of nitriles is 1. The number of anilines is 1. The standard InChI is InChI=1S/C17H18N6O/c1-11(22-10-24)17(15-8-20-12(2)21-9-15)23-16-4-3-13(6-18)5-14(16)7-19/h3-5,7-11,17,19,23H,1-2H3,(H,22,24)/t11-,17?/m1/s1. The van der Waals surface area contributed by atoms with E-state index in [1.807, 2.05) is 6.92 Å². The summed E-state index contributed by atoms with van der Waals surface area (Å²) in [5, 5.41) is 22.6. The summed E-state index contributed by atoms with van der Waals surface area (Å²) in [5.41, 5.74) is 2.57. The maximum atomic E-state index is 10.8. The van der Waals surface area contributed by atoms with Gasteiger partial charge in [-0.05, 0) is 32.0 Å². The Morgan fingerprint density at radius 3 is 2.62 bits per heavy atom. The molecule has 0 aliphatic heterocycles. The Kier molecular flexibility index (Phi) is 5.58. The van der Waals surface area contributed by atoms with Crippen molar-refractivity contribution < 1.29 is 4.79 Å². The molecule has 0 aliphatic rings. The molecule has 2 atom stereocenters. The minimum absolute atomic E-state index is 0.233. The molecule has 1 amide bonds. The topological polar surface area (TPSA) is 115 Å². The summed E-state index contributed by atoms with van der Waals surface area (Å²) in [4.78, 5) is 19.2. The van der Waals surface area contributed by atoms with Crippen LogP contribution in [0.5, 0.6) is 0 Å². The number of nitrogens with one attached hydrogen (secondary N) is 3. The molecule has 1 unspecified atom stereocenters. The van der Waals surface area contributed by atoms with Gasteiger partial charge in [0.2, 0.25) is 6.41 Å². The van der Waals surface area contributed by atoms with E-state index in [1.165, 1.54) is 6.21 Å². The van der Waals surface area contributed by atoms with Crippen LogP contribution in [0.2, 0.25) is 0 Å². The van der Waals surface area contributed by atoms with E-state index >= 15 is 0 Å². The molecule has 0 saturated carbocycles. The van der Waals surface area contributed by atoms with Gasteiger partial charge >= 0.3 is 0 Å². The molecule has 1 heterocycles. The lowest BCUT2D eigenvalue weighted by Gasteiger charge is -2.26.